The summed E-state index contributed by atoms with van der Waals surface area (Å²) in [4.78, 5) is 21.7. The van der Waals surface area contributed by atoms with E-state index >= 15 is 0 Å². The van der Waals surface area contributed by atoms with Crippen LogP contribution in [-0.2, 0) is 4.79 Å². The number of pyridine rings is 1. The van der Waals surface area contributed by atoms with Crippen molar-refractivity contribution in [3.05, 3.63) is 24.3 Å². The van der Waals surface area contributed by atoms with Crippen LogP contribution in [0.4, 0.5) is 10.1 Å². The Morgan fingerprint density at radius 1 is 1.40 bits per heavy atom. The molecule has 0 spiro atoms. The molecule has 3 N–H and O–H groups in total. The molecular weight excluding hydrogens is 385 g/mol. The average molecular weight is 416 g/mol. The highest BCUT2D eigenvalue weighted by molar-refractivity contribution is 5.94. The summed E-state index contributed by atoms with van der Waals surface area (Å²) in [7, 11) is 0. The standard InChI is InChI=1S/C21H30FN7O/c22-19-13-17(7-11-25-19)28-21(27-15-23)26-9-3-1-2-5-16-8-12-29(14-16)20(30)18-6-4-10-24-18/h7,11,13,16,18,24H,1-6,8-10,12,14H2,(H2,25,26,27,28). The van der Waals surface area contributed by atoms with Gasteiger partial charge in [0.15, 0.2) is 0 Å². The third-order valence-electron chi connectivity index (χ3n) is 5.69. The fraction of sp³-hybridized carbons (Fsp3) is 0.619. The summed E-state index contributed by atoms with van der Waals surface area (Å²) in [6.45, 7) is 3.40. The molecule has 1 aromatic rings. The maximum absolute atomic E-state index is 13.2. The molecule has 2 atom stereocenters. The number of nitriles is 1. The Labute approximate surface area is 177 Å². The first-order valence-corrected chi connectivity index (χ1v) is 10.8. The summed E-state index contributed by atoms with van der Waals surface area (Å²) in [5.41, 5.74) is 0.483. The van der Waals surface area contributed by atoms with Crippen LogP contribution in [0.2, 0.25) is 0 Å². The highest BCUT2D eigenvalue weighted by Gasteiger charge is 2.31. The molecule has 3 heterocycles. The second-order valence-corrected chi connectivity index (χ2v) is 7.92. The molecule has 30 heavy (non-hydrogen) atoms. The average Bonchev–Trinajstić information content (AvgIpc) is 3.42. The van der Waals surface area contributed by atoms with Crippen LogP contribution >= 0.6 is 0 Å². The SMILES string of the molecule is N#C/N=C(/NCCCCCC1CCN(C(=O)C2CCCN2)C1)Nc1ccnc(F)c1. The van der Waals surface area contributed by atoms with Gasteiger partial charge >= 0.3 is 0 Å². The molecular formula is C21H30FN7O. The van der Waals surface area contributed by atoms with Gasteiger partial charge in [0.2, 0.25) is 24.0 Å². The van der Waals surface area contributed by atoms with E-state index in [1.807, 2.05) is 4.90 Å². The third kappa shape index (κ3) is 6.66. The molecule has 0 aliphatic carbocycles. The van der Waals surface area contributed by atoms with Crippen LogP contribution < -0.4 is 16.0 Å². The van der Waals surface area contributed by atoms with E-state index in [1.54, 1.807) is 12.3 Å². The Kier molecular flexibility index (Phi) is 8.39. The molecule has 8 nitrogen and oxygen atoms in total. The lowest BCUT2D eigenvalue weighted by Crippen LogP contribution is -2.42. The minimum Gasteiger partial charge on any atom is -0.355 e. The molecule has 0 bridgehead atoms. The number of carbonyl (C=O) groups is 1. The molecule has 9 heteroatoms. The number of hydrogen-bond donors (Lipinski definition) is 3. The predicted molar refractivity (Wildman–Crippen MR) is 113 cm³/mol. The van der Waals surface area contributed by atoms with Gasteiger partial charge in [-0.3, -0.25) is 4.79 Å². The van der Waals surface area contributed by atoms with E-state index in [0.717, 1.165) is 64.6 Å². The van der Waals surface area contributed by atoms with E-state index in [-0.39, 0.29) is 11.9 Å². The summed E-state index contributed by atoms with van der Waals surface area (Å²) >= 11 is 0. The van der Waals surface area contributed by atoms with E-state index in [4.69, 9.17) is 5.26 Å². The Morgan fingerprint density at radius 2 is 2.30 bits per heavy atom. The zero-order valence-corrected chi connectivity index (χ0v) is 17.2. The molecule has 2 aliphatic rings. The van der Waals surface area contributed by atoms with E-state index < -0.39 is 5.95 Å². The van der Waals surface area contributed by atoms with Gasteiger partial charge < -0.3 is 20.9 Å². The summed E-state index contributed by atoms with van der Waals surface area (Å²) in [6.07, 6.45) is 10.5. The zero-order chi connectivity index (χ0) is 21.2. The Bertz CT molecular complexity index is 773. The fourth-order valence-corrected chi connectivity index (χ4v) is 4.10. The van der Waals surface area contributed by atoms with Gasteiger partial charge in [-0.15, -0.1) is 4.99 Å². The van der Waals surface area contributed by atoms with Crippen LogP contribution in [0.15, 0.2) is 23.3 Å². The number of carbonyl (C=O) groups excluding carboxylic acids is 1. The number of unbranched alkanes of at least 4 members (excludes halogenated alkanes) is 2. The number of halogens is 1. The van der Waals surface area contributed by atoms with Gasteiger partial charge in [0, 0.05) is 37.6 Å². The number of nitrogens with one attached hydrogen (secondary N) is 3. The summed E-state index contributed by atoms with van der Waals surface area (Å²) < 4.78 is 13.2. The third-order valence-corrected chi connectivity index (χ3v) is 5.69. The minimum atomic E-state index is -0.594. The number of aromatic nitrogens is 1. The maximum atomic E-state index is 13.2. The molecule has 2 saturated heterocycles. The molecule has 1 amide bonds. The van der Waals surface area contributed by atoms with Crippen LogP contribution in [0.5, 0.6) is 0 Å². The molecule has 2 aliphatic heterocycles. The number of hydrogen-bond acceptors (Lipinski definition) is 5. The largest absolute Gasteiger partial charge is 0.355 e. The number of guanidine groups is 1. The van der Waals surface area contributed by atoms with Gasteiger partial charge in [-0.05, 0) is 50.6 Å². The summed E-state index contributed by atoms with van der Waals surface area (Å²) in [6, 6.07) is 2.89. The molecule has 2 fully saturated rings. The van der Waals surface area contributed by atoms with Crippen LogP contribution in [0.25, 0.3) is 0 Å². The highest BCUT2D eigenvalue weighted by atomic mass is 19.1. The number of likely N-dealkylation sites (tertiary alicyclic amines) is 1. The highest BCUT2D eigenvalue weighted by Crippen LogP contribution is 2.23. The van der Waals surface area contributed by atoms with Crippen molar-refractivity contribution < 1.29 is 9.18 Å². The van der Waals surface area contributed by atoms with Crippen molar-refractivity contribution in [2.45, 2.75) is 51.0 Å². The monoisotopic (exact) mass is 415 g/mol. The van der Waals surface area contributed by atoms with Crippen LogP contribution in [0, 0.1) is 23.3 Å². The Hall–Kier alpha value is -2.73. The fourth-order valence-electron chi connectivity index (χ4n) is 4.10. The van der Waals surface area contributed by atoms with Crippen molar-refractivity contribution in [1.29, 1.82) is 5.26 Å². The van der Waals surface area contributed by atoms with Crippen molar-refractivity contribution in [2.24, 2.45) is 10.9 Å². The van der Waals surface area contributed by atoms with Crippen LogP contribution in [0.3, 0.4) is 0 Å². The zero-order valence-electron chi connectivity index (χ0n) is 17.2. The number of nitrogens with zero attached hydrogens (tertiary/aromatic N) is 4. The number of rotatable bonds is 8. The van der Waals surface area contributed by atoms with E-state index in [9.17, 15) is 9.18 Å². The van der Waals surface area contributed by atoms with Crippen molar-refractivity contribution in [3.63, 3.8) is 0 Å². The smallest absolute Gasteiger partial charge is 0.239 e. The van der Waals surface area contributed by atoms with Gasteiger partial charge in [-0.2, -0.15) is 9.65 Å². The molecule has 1 aromatic heterocycles. The number of amides is 1. The molecule has 0 aromatic carbocycles. The topological polar surface area (TPSA) is 105 Å². The molecule has 0 radical (unpaired) electrons. The lowest BCUT2D eigenvalue weighted by molar-refractivity contribution is -0.132. The number of aliphatic imine (C=N–C) groups is 1. The van der Waals surface area contributed by atoms with Gasteiger partial charge in [-0.25, -0.2) is 4.98 Å². The Balaban J connectivity index is 1.29. The Morgan fingerprint density at radius 3 is 3.07 bits per heavy atom. The predicted octanol–water partition coefficient (Wildman–Crippen LogP) is 2.22. The second-order valence-electron chi connectivity index (χ2n) is 7.92. The van der Waals surface area contributed by atoms with Gasteiger partial charge in [0.25, 0.3) is 0 Å². The van der Waals surface area contributed by atoms with E-state index in [0.29, 0.717) is 24.1 Å². The van der Waals surface area contributed by atoms with Gasteiger partial charge in [0.1, 0.15) is 0 Å². The van der Waals surface area contributed by atoms with Gasteiger partial charge in [0.05, 0.1) is 6.04 Å². The molecule has 3 rings (SSSR count). The quantitative estimate of drug-likeness (QED) is 0.198. The summed E-state index contributed by atoms with van der Waals surface area (Å²) in [5, 5.41) is 18.1. The van der Waals surface area contributed by atoms with Crippen molar-refractivity contribution in [1.82, 2.24) is 20.5 Å². The van der Waals surface area contributed by atoms with Crippen molar-refractivity contribution in [2.75, 3.05) is 31.5 Å². The maximum Gasteiger partial charge on any atom is 0.239 e. The first-order chi connectivity index (χ1) is 14.7. The number of anilines is 1. The molecule has 162 valence electrons. The first-order valence-electron chi connectivity index (χ1n) is 10.8. The van der Waals surface area contributed by atoms with Gasteiger partial charge in [-0.1, -0.05) is 12.8 Å². The normalized spacial score (nSPS) is 21.5. The summed E-state index contributed by atoms with van der Waals surface area (Å²) in [5.74, 6) is 0.587. The van der Waals surface area contributed by atoms with Crippen LogP contribution in [-0.4, -0.2) is 54.0 Å². The first kappa shape index (κ1) is 22.0. The van der Waals surface area contributed by atoms with Crippen LogP contribution in [0.1, 0.15) is 44.9 Å². The van der Waals surface area contributed by atoms with Crippen molar-refractivity contribution >= 4 is 17.6 Å². The van der Waals surface area contributed by atoms with E-state index in [2.05, 4.69) is 25.9 Å². The van der Waals surface area contributed by atoms with E-state index in [1.165, 1.54) is 12.3 Å². The molecule has 2 unspecified atom stereocenters. The van der Waals surface area contributed by atoms with Crippen molar-refractivity contribution in [3.8, 4) is 6.19 Å². The lowest BCUT2D eigenvalue weighted by atomic mass is 10.0. The second kappa shape index (κ2) is 11.5. The molecule has 0 saturated carbocycles. The minimum absolute atomic E-state index is 0.0383. The lowest BCUT2D eigenvalue weighted by Gasteiger charge is -2.20.